The molecule has 0 bridgehead atoms. The second kappa shape index (κ2) is 10.6. The summed E-state index contributed by atoms with van der Waals surface area (Å²) in [6.07, 6.45) is 5.79. The Morgan fingerprint density at radius 3 is 2.55 bits per heavy atom. The topological polar surface area (TPSA) is 68.4 Å². The molecule has 2 aromatic heterocycles. The second-order valence-corrected chi connectivity index (χ2v) is 10.9. The van der Waals surface area contributed by atoms with Gasteiger partial charge in [0.05, 0.1) is 21.8 Å². The lowest BCUT2D eigenvalue weighted by Gasteiger charge is -2.25. The molecule has 1 N–H and O–H groups in total. The number of benzene rings is 3. The quantitative estimate of drug-likeness (QED) is 0.270. The van der Waals surface area contributed by atoms with Gasteiger partial charge in [-0.15, -0.1) is 6.58 Å². The first kappa shape index (κ1) is 25.8. The molecule has 6 rings (SSSR count). The van der Waals surface area contributed by atoms with Gasteiger partial charge in [-0.3, -0.25) is 14.2 Å². The van der Waals surface area contributed by atoms with E-state index in [-0.39, 0.29) is 11.5 Å². The number of nitrogens with one attached hydrogen (secondary N) is 1. The van der Waals surface area contributed by atoms with Crippen molar-refractivity contribution >= 4 is 51.5 Å². The highest BCUT2D eigenvalue weighted by molar-refractivity contribution is 7.07. The van der Waals surface area contributed by atoms with Crippen LogP contribution in [-0.2, 0) is 11.3 Å². The smallest absolute Gasteiger partial charge is 0.271 e. The molecule has 1 atom stereocenters. The van der Waals surface area contributed by atoms with Gasteiger partial charge in [-0.25, -0.2) is 4.99 Å². The molecule has 5 aromatic rings. The minimum atomic E-state index is -0.665. The fraction of sp³-hybridized carbons (Fsp3) is 0.0938. The molecule has 0 radical (unpaired) electrons. The Bertz CT molecular complexity index is 1980. The summed E-state index contributed by atoms with van der Waals surface area (Å²) in [6, 6.07) is 23.9. The maximum atomic E-state index is 14.0. The SMILES string of the molecule is C=CCn1cc(/C=c2/sc3n(c2=O)C(c2ccc(Cl)cc2)C(C(=O)Nc2ccccc2)=C(C)N=3)c2ccccc21. The number of rotatable bonds is 6. The Balaban J connectivity index is 1.53. The Morgan fingerprint density at radius 1 is 1.07 bits per heavy atom. The van der Waals surface area contributed by atoms with Crippen LogP contribution in [-0.4, -0.2) is 15.0 Å². The molecule has 0 aliphatic carbocycles. The van der Waals surface area contributed by atoms with Crippen LogP contribution < -0.4 is 20.2 Å². The lowest BCUT2D eigenvalue weighted by Crippen LogP contribution is -2.40. The fourth-order valence-electron chi connectivity index (χ4n) is 5.11. The van der Waals surface area contributed by atoms with Gasteiger partial charge >= 0.3 is 0 Å². The fourth-order valence-corrected chi connectivity index (χ4v) is 6.28. The van der Waals surface area contributed by atoms with Crippen molar-refractivity contribution in [1.82, 2.24) is 9.13 Å². The van der Waals surface area contributed by atoms with Crippen molar-refractivity contribution in [3.05, 3.63) is 145 Å². The van der Waals surface area contributed by atoms with Gasteiger partial charge in [-0.2, -0.15) is 0 Å². The molecule has 40 heavy (non-hydrogen) atoms. The Kier molecular flexibility index (Phi) is 6.84. The highest BCUT2D eigenvalue weighted by Crippen LogP contribution is 2.31. The second-order valence-electron chi connectivity index (χ2n) is 9.50. The number of carbonyl (C=O) groups is 1. The van der Waals surface area contributed by atoms with Crippen LogP contribution in [0.2, 0.25) is 5.02 Å². The van der Waals surface area contributed by atoms with Gasteiger partial charge in [-0.05, 0) is 48.9 Å². The van der Waals surface area contributed by atoms with Crippen molar-refractivity contribution in [3.8, 4) is 0 Å². The summed E-state index contributed by atoms with van der Waals surface area (Å²) in [5.41, 5.74) is 4.20. The van der Waals surface area contributed by atoms with E-state index < -0.39 is 6.04 Å². The average molecular weight is 565 g/mol. The van der Waals surface area contributed by atoms with Crippen molar-refractivity contribution in [1.29, 1.82) is 0 Å². The summed E-state index contributed by atoms with van der Waals surface area (Å²) < 4.78 is 4.27. The van der Waals surface area contributed by atoms with Crippen LogP contribution >= 0.6 is 22.9 Å². The molecule has 0 saturated heterocycles. The van der Waals surface area contributed by atoms with E-state index >= 15 is 0 Å². The maximum absolute atomic E-state index is 14.0. The summed E-state index contributed by atoms with van der Waals surface area (Å²) >= 11 is 7.51. The number of carbonyl (C=O) groups excluding carboxylic acids is 1. The predicted octanol–water partition coefficient (Wildman–Crippen LogP) is 5.67. The van der Waals surface area contributed by atoms with Crippen LogP contribution in [0, 0.1) is 0 Å². The number of amides is 1. The van der Waals surface area contributed by atoms with Gasteiger partial charge in [0, 0.05) is 39.9 Å². The summed E-state index contributed by atoms with van der Waals surface area (Å²) in [6.45, 7) is 6.34. The zero-order valence-electron chi connectivity index (χ0n) is 21.7. The van der Waals surface area contributed by atoms with E-state index in [1.165, 1.54) is 11.3 Å². The van der Waals surface area contributed by atoms with E-state index in [1.807, 2.05) is 85.9 Å². The van der Waals surface area contributed by atoms with Crippen LogP contribution in [0.3, 0.4) is 0 Å². The van der Waals surface area contributed by atoms with Crippen LogP contribution in [0.25, 0.3) is 17.0 Å². The van der Waals surface area contributed by atoms with Gasteiger partial charge < -0.3 is 9.88 Å². The third-order valence-electron chi connectivity index (χ3n) is 6.92. The lowest BCUT2D eigenvalue weighted by atomic mass is 9.95. The number of anilines is 1. The van der Waals surface area contributed by atoms with Crippen LogP contribution in [0.1, 0.15) is 24.1 Å². The number of hydrogen-bond acceptors (Lipinski definition) is 4. The third kappa shape index (κ3) is 4.63. The zero-order valence-corrected chi connectivity index (χ0v) is 23.2. The minimum Gasteiger partial charge on any atom is -0.343 e. The summed E-state index contributed by atoms with van der Waals surface area (Å²) in [5, 5.41) is 4.59. The van der Waals surface area contributed by atoms with Crippen LogP contribution in [0.15, 0.2) is 119 Å². The molecule has 3 heterocycles. The number of fused-ring (bicyclic) bond motifs is 2. The van der Waals surface area contributed by atoms with E-state index in [2.05, 4.69) is 22.5 Å². The molecule has 3 aromatic carbocycles. The number of aromatic nitrogens is 2. The van der Waals surface area contributed by atoms with Crippen molar-refractivity contribution in [2.75, 3.05) is 5.32 Å². The van der Waals surface area contributed by atoms with Crippen LogP contribution in [0.5, 0.6) is 0 Å². The number of para-hydroxylation sites is 2. The van der Waals surface area contributed by atoms with Crippen molar-refractivity contribution < 1.29 is 4.79 Å². The molecular formula is C32H25ClN4O2S. The van der Waals surface area contributed by atoms with E-state index in [1.54, 1.807) is 16.7 Å². The molecule has 0 fully saturated rings. The zero-order chi connectivity index (χ0) is 27.8. The van der Waals surface area contributed by atoms with Gasteiger partial charge in [-0.1, -0.05) is 77.5 Å². The first-order chi connectivity index (χ1) is 19.4. The Hall–Kier alpha value is -4.46. The molecule has 1 unspecified atom stereocenters. The van der Waals surface area contributed by atoms with Crippen molar-refractivity contribution in [3.63, 3.8) is 0 Å². The average Bonchev–Trinajstić information content (AvgIpc) is 3.45. The van der Waals surface area contributed by atoms with E-state index in [0.29, 0.717) is 37.9 Å². The molecule has 1 aliphatic heterocycles. The first-order valence-electron chi connectivity index (χ1n) is 12.8. The maximum Gasteiger partial charge on any atom is 0.271 e. The van der Waals surface area contributed by atoms with E-state index in [4.69, 9.17) is 16.6 Å². The monoisotopic (exact) mass is 564 g/mol. The molecule has 8 heteroatoms. The largest absolute Gasteiger partial charge is 0.343 e. The molecular weight excluding hydrogens is 540 g/mol. The van der Waals surface area contributed by atoms with Gasteiger partial charge in [0.2, 0.25) is 0 Å². The standard InChI is InChI=1S/C32H25ClN4O2S/c1-3-17-36-19-22(25-11-7-8-12-26(25)36)18-27-31(39)37-29(21-13-15-23(33)16-14-21)28(20(2)34-32(37)40-27)30(38)35-24-9-5-4-6-10-24/h3-16,18-19,29H,1,17H2,2H3,(H,35,38)/b27-18+. The highest BCUT2D eigenvalue weighted by Gasteiger charge is 2.32. The van der Waals surface area contributed by atoms with Crippen molar-refractivity contribution in [2.24, 2.45) is 4.99 Å². The number of halogens is 1. The number of allylic oxidation sites excluding steroid dienone is 2. The van der Waals surface area contributed by atoms with E-state index in [0.717, 1.165) is 22.0 Å². The van der Waals surface area contributed by atoms with Crippen molar-refractivity contribution in [2.45, 2.75) is 19.5 Å². The van der Waals surface area contributed by atoms with Gasteiger partial charge in [0.1, 0.15) is 0 Å². The predicted molar refractivity (Wildman–Crippen MR) is 162 cm³/mol. The van der Waals surface area contributed by atoms with Crippen LogP contribution in [0.4, 0.5) is 5.69 Å². The highest BCUT2D eigenvalue weighted by atomic mass is 35.5. The lowest BCUT2D eigenvalue weighted by molar-refractivity contribution is -0.113. The summed E-state index contributed by atoms with van der Waals surface area (Å²) in [7, 11) is 0. The third-order valence-corrected chi connectivity index (χ3v) is 8.15. The number of hydrogen-bond donors (Lipinski definition) is 1. The Morgan fingerprint density at radius 2 is 1.80 bits per heavy atom. The number of thiazole rings is 1. The van der Waals surface area contributed by atoms with Gasteiger partial charge in [0.15, 0.2) is 4.80 Å². The summed E-state index contributed by atoms with van der Waals surface area (Å²) in [4.78, 5) is 33.0. The minimum absolute atomic E-state index is 0.207. The Labute approximate surface area is 239 Å². The molecule has 1 aliphatic rings. The molecule has 0 saturated carbocycles. The van der Waals surface area contributed by atoms with E-state index in [9.17, 15) is 9.59 Å². The molecule has 198 valence electrons. The molecule has 6 nitrogen and oxygen atoms in total. The van der Waals surface area contributed by atoms with Gasteiger partial charge in [0.25, 0.3) is 11.5 Å². The summed E-state index contributed by atoms with van der Waals surface area (Å²) in [5.74, 6) is -0.311. The normalized spacial score (nSPS) is 15.2. The molecule has 1 amide bonds. The first-order valence-corrected chi connectivity index (χ1v) is 14.0. The number of nitrogens with zero attached hydrogens (tertiary/aromatic N) is 3. The molecule has 0 spiro atoms.